The summed E-state index contributed by atoms with van der Waals surface area (Å²) in [4.78, 5) is 0. The molecule has 5 unspecified atom stereocenters. The van der Waals surface area contributed by atoms with Gasteiger partial charge in [0.05, 0.1) is 24.1 Å². The molecule has 1 aromatic carbocycles. The Bertz CT molecular complexity index is 1010. The summed E-state index contributed by atoms with van der Waals surface area (Å²) in [6.45, 7) is 6.36. The molecule has 2 saturated heterocycles. The molecule has 4 rings (SSSR count). The van der Waals surface area contributed by atoms with Crippen LogP contribution in [-0.2, 0) is 9.47 Å². The summed E-state index contributed by atoms with van der Waals surface area (Å²) in [5, 5.41) is 39.5. The van der Waals surface area contributed by atoms with Crippen molar-refractivity contribution in [1.29, 1.82) is 21.2 Å². The Morgan fingerprint density at radius 2 is 1.73 bits per heavy atom. The normalized spacial score (nSPS) is 36.6. The molecule has 30 heavy (non-hydrogen) atoms. The van der Waals surface area contributed by atoms with Crippen LogP contribution in [0, 0.1) is 73.3 Å². The third-order valence-corrected chi connectivity index (χ3v) is 7.31. The zero-order chi connectivity index (χ0) is 21.9. The van der Waals surface area contributed by atoms with Gasteiger partial charge in [-0.3, -0.25) is 5.41 Å². The van der Waals surface area contributed by atoms with E-state index in [1.54, 1.807) is 0 Å². The summed E-state index contributed by atoms with van der Waals surface area (Å²) in [7, 11) is 0. The molecule has 3 aliphatic rings. The Kier molecular flexibility index (Phi) is 4.25. The van der Waals surface area contributed by atoms with Gasteiger partial charge < -0.3 is 9.47 Å². The maximum Gasteiger partial charge on any atom is 0.217 e. The van der Waals surface area contributed by atoms with Crippen LogP contribution in [-0.4, -0.2) is 11.7 Å². The van der Waals surface area contributed by atoms with Crippen LogP contribution in [0.1, 0.15) is 51.7 Å². The van der Waals surface area contributed by atoms with Crippen molar-refractivity contribution < 1.29 is 13.9 Å². The Morgan fingerprint density at radius 1 is 1.10 bits per heavy atom. The summed E-state index contributed by atoms with van der Waals surface area (Å²) in [5.41, 5.74) is -3.40. The van der Waals surface area contributed by atoms with Crippen molar-refractivity contribution in [2.75, 3.05) is 0 Å². The molecule has 1 aliphatic carbocycles. The molecule has 0 amide bonds. The molecule has 2 heterocycles. The maximum absolute atomic E-state index is 13.5. The molecule has 2 bridgehead atoms. The highest BCUT2D eigenvalue weighted by Gasteiger charge is 2.81. The summed E-state index contributed by atoms with van der Waals surface area (Å²) in [5.74, 6) is -2.48. The van der Waals surface area contributed by atoms with Gasteiger partial charge in [0.15, 0.2) is 5.41 Å². The first-order chi connectivity index (χ1) is 14.1. The molecule has 0 aromatic heterocycles. The van der Waals surface area contributed by atoms with Crippen LogP contribution < -0.4 is 0 Å². The Balaban J connectivity index is 1.94. The van der Waals surface area contributed by atoms with Crippen molar-refractivity contribution in [2.24, 2.45) is 28.1 Å². The molecule has 0 radical (unpaired) electrons. The predicted octanol–water partition coefficient (Wildman–Crippen LogP) is 4.61. The van der Waals surface area contributed by atoms with E-state index in [1.165, 1.54) is 24.3 Å². The largest absolute Gasteiger partial charge is 0.447 e. The second kappa shape index (κ2) is 6.27. The van der Waals surface area contributed by atoms with Crippen LogP contribution in [0.2, 0.25) is 0 Å². The van der Waals surface area contributed by atoms with Crippen molar-refractivity contribution >= 4 is 5.90 Å². The number of nitrogens with one attached hydrogen (secondary N) is 1. The lowest BCUT2D eigenvalue weighted by Crippen LogP contribution is -2.61. The molecule has 154 valence electrons. The summed E-state index contributed by atoms with van der Waals surface area (Å²) >= 11 is 0. The molecule has 7 heteroatoms. The minimum absolute atomic E-state index is 0.0460. The van der Waals surface area contributed by atoms with Gasteiger partial charge in [-0.1, -0.05) is 32.9 Å². The van der Waals surface area contributed by atoms with Crippen molar-refractivity contribution in [3.8, 4) is 18.2 Å². The highest BCUT2D eigenvalue weighted by atomic mass is 19.1. The zero-order valence-electron chi connectivity index (χ0n) is 17.2. The number of halogens is 1. The topological polar surface area (TPSA) is 114 Å². The van der Waals surface area contributed by atoms with Crippen LogP contribution >= 0.6 is 0 Å². The molecule has 1 saturated carbocycles. The van der Waals surface area contributed by atoms with E-state index >= 15 is 0 Å². The smallest absolute Gasteiger partial charge is 0.217 e. The fraction of sp³-hybridized carbons (Fsp3) is 0.565. The molecule has 3 fully saturated rings. The third-order valence-electron chi connectivity index (χ3n) is 7.31. The van der Waals surface area contributed by atoms with E-state index in [4.69, 9.17) is 14.9 Å². The van der Waals surface area contributed by atoms with Gasteiger partial charge in [-0.05, 0) is 41.9 Å². The van der Waals surface area contributed by atoms with Gasteiger partial charge in [-0.25, -0.2) is 4.39 Å². The molecule has 5 atom stereocenters. The highest BCUT2D eigenvalue weighted by Crippen LogP contribution is 2.70. The molecule has 6 nitrogen and oxygen atoms in total. The first-order valence-electron chi connectivity index (χ1n) is 10.1. The average Bonchev–Trinajstić information content (AvgIpc) is 2.92. The number of hydrogen-bond donors (Lipinski definition) is 1. The van der Waals surface area contributed by atoms with Crippen LogP contribution in [0.4, 0.5) is 4.39 Å². The van der Waals surface area contributed by atoms with Crippen molar-refractivity contribution in [2.45, 2.75) is 51.9 Å². The quantitative estimate of drug-likeness (QED) is 0.732. The standard InChI is InChI=1S/C23H23FN4O2/c1-20(2,3)15-8-9-23-17(10-15)22(13-27,19(28)30-23)21(11-25,12-26)18(29-23)14-4-6-16(24)7-5-14/h4-7,15,17-18,28H,8-10H2,1-3H3. The van der Waals surface area contributed by atoms with Gasteiger partial charge >= 0.3 is 0 Å². The fourth-order valence-electron chi connectivity index (χ4n) is 5.56. The van der Waals surface area contributed by atoms with E-state index in [1.807, 2.05) is 12.1 Å². The van der Waals surface area contributed by atoms with Gasteiger partial charge in [0.25, 0.3) is 0 Å². The molecular weight excluding hydrogens is 383 g/mol. The molecule has 1 aromatic rings. The van der Waals surface area contributed by atoms with Gasteiger partial charge in [-0.2, -0.15) is 15.8 Å². The van der Waals surface area contributed by atoms with E-state index in [-0.39, 0.29) is 17.2 Å². The minimum Gasteiger partial charge on any atom is -0.447 e. The first-order valence-corrected chi connectivity index (χ1v) is 10.1. The van der Waals surface area contributed by atoms with E-state index in [2.05, 4.69) is 26.8 Å². The first kappa shape index (κ1) is 20.3. The van der Waals surface area contributed by atoms with Crippen LogP contribution in [0.25, 0.3) is 0 Å². The lowest BCUT2D eigenvalue weighted by Gasteiger charge is -2.54. The summed E-state index contributed by atoms with van der Waals surface area (Å²) in [6.07, 6.45) is 0.603. The van der Waals surface area contributed by atoms with Crippen LogP contribution in [0.3, 0.4) is 0 Å². The van der Waals surface area contributed by atoms with Crippen molar-refractivity contribution in [3.63, 3.8) is 0 Å². The van der Waals surface area contributed by atoms with E-state index in [9.17, 15) is 20.2 Å². The fourth-order valence-corrected chi connectivity index (χ4v) is 5.56. The number of hydrogen-bond acceptors (Lipinski definition) is 6. The predicted molar refractivity (Wildman–Crippen MR) is 104 cm³/mol. The summed E-state index contributed by atoms with van der Waals surface area (Å²) < 4.78 is 25.8. The molecule has 2 aliphatic heterocycles. The second-order valence-electron chi connectivity index (χ2n) is 9.63. The zero-order valence-corrected chi connectivity index (χ0v) is 17.2. The Morgan fingerprint density at radius 3 is 2.27 bits per heavy atom. The molecule has 1 N–H and O–H groups in total. The van der Waals surface area contributed by atoms with Crippen molar-refractivity contribution in [3.05, 3.63) is 35.6 Å². The van der Waals surface area contributed by atoms with Crippen LogP contribution in [0.5, 0.6) is 0 Å². The van der Waals surface area contributed by atoms with Crippen molar-refractivity contribution in [1.82, 2.24) is 0 Å². The second-order valence-corrected chi connectivity index (χ2v) is 9.63. The lowest BCUT2D eigenvalue weighted by molar-refractivity contribution is -0.301. The number of benzene rings is 1. The SMILES string of the molecule is CC(C)(C)C1CCC23OC(=N)C(C#N)(C2C1)C(C#N)(C#N)C(c1ccc(F)cc1)O3. The molecule has 0 spiro atoms. The van der Waals surface area contributed by atoms with E-state index < -0.39 is 34.5 Å². The number of rotatable bonds is 1. The number of ether oxygens (including phenoxy) is 2. The number of nitriles is 3. The monoisotopic (exact) mass is 406 g/mol. The van der Waals surface area contributed by atoms with Gasteiger partial charge in [-0.15, -0.1) is 0 Å². The van der Waals surface area contributed by atoms with Crippen LogP contribution in [0.15, 0.2) is 24.3 Å². The third kappa shape index (κ3) is 2.32. The Labute approximate surface area is 175 Å². The summed E-state index contributed by atoms with van der Waals surface area (Å²) in [6, 6.07) is 11.6. The van der Waals surface area contributed by atoms with E-state index in [0.29, 0.717) is 18.4 Å². The van der Waals surface area contributed by atoms with Gasteiger partial charge in [0, 0.05) is 6.42 Å². The van der Waals surface area contributed by atoms with Gasteiger partial charge in [0.2, 0.25) is 17.1 Å². The molecular formula is C23H23FN4O2. The average molecular weight is 406 g/mol. The van der Waals surface area contributed by atoms with E-state index in [0.717, 1.165) is 6.42 Å². The lowest BCUT2D eigenvalue weighted by atomic mass is 9.49. The highest BCUT2D eigenvalue weighted by molar-refractivity contribution is 5.89. The maximum atomic E-state index is 13.5. The number of nitrogens with zero attached hydrogens (tertiary/aromatic N) is 3. The Hall–Kier alpha value is -2.95. The minimum atomic E-state index is -2.00. The van der Waals surface area contributed by atoms with Gasteiger partial charge in [0.1, 0.15) is 11.9 Å².